The summed E-state index contributed by atoms with van der Waals surface area (Å²) in [5.74, 6) is 0. The van der Waals surface area contributed by atoms with Gasteiger partial charge in [0.1, 0.15) is 7.05 Å². The maximum Gasteiger partial charge on any atom is 0.185 e. The van der Waals surface area contributed by atoms with Gasteiger partial charge in [-0.1, -0.05) is 18.2 Å². The minimum atomic E-state index is -1.75. The first kappa shape index (κ1) is 11.9. The summed E-state index contributed by atoms with van der Waals surface area (Å²) in [5, 5.41) is 17.4. The predicted octanol–water partition coefficient (Wildman–Crippen LogP) is 1.73. The summed E-state index contributed by atoms with van der Waals surface area (Å²) in [7, 11) is 2.07. The van der Waals surface area contributed by atoms with E-state index in [0.29, 0.717) is 0 Å². The lowest BCUT2D eigenvalue weighted by Gasteiger charge is -1.98. The predicted molar refractivity (Wildman–Crippen MR) is 60.2 cm³/mol. The van der Waals surface area contributed by atoms with Crippen molar-refractivity contribution in [3.05, 3.63) is 57.5 Å². The fourth-order valence-corrected chi connectivity index (χ4v) is 1.47. The topological polar surface area (TPSA) is 70.1 Å². The second-order valence-corrected chi connectivity index (χ2v) is 3.32. The van der Waals surface area contributed by atoms with Crippen molar-refractivity contribution < 1.29 is 9.65 Å². The minimum Gasteiger partial charge on any atom is -0.356 e. The van der Waals surface area contributed by atoms with Crippen LogP contribution in [0.25, 0.3) is 10.8 Å². The number of benzene rings is 1. The molecule has 0 fully saturated rings. The van der Waals surface area contributed by atoms with Crippen LogP contribution in [0.15, 0.2) is 36.5 Å². The molecule has 2 rings (SSSR count). The standard InChI is InChI=1S/C11H12N.NO3/c1-9-11-6-4-3-5-10(11)7-8-12(9)2;2-1(3)4/h3-8H,1-2H3;/q+1;-1. The normalized spacial score (nSPS) is 9.38. The Balaban J connectivity index is 0.000000280. The number of nitrogens with zero attached hydrogens (tertiary/aromatic N) is 2. The Morgan fingerprint density at radius 2 is 1.75 bits per heavy atom. The van der Waals surface area contributed by atoms with Crippen LogP contribution in [-0.2, 0) is 7.05 Å². The summed E-state index contributed by atoms with van der Waals surface area (Å²) >= 11 is 0. The quantitative estimate of drug-likeness (QED) is 0.385. The lowest BCUT2D eigenvalue weighted by Crippen LogP contribution is -2.30. The van der Waals surface area contributed by atoms with E-state index in [9.17, 15) is 0 Å². The van der Waals surface area contributed by atoms with Crippen LogP contribution in [0.2, 0.25) is 0 Å². The van der Waals surface area contributed by atoms with Gasteiger partial charge in [-0.2, -0.15) is 0 Å². The zero-order valence-electron chi connectivity index (χ0n) is 9.08. The van der Waals surface area contributed by atoms with Crippen LogP contribution < -0.4 is 4.57 Å². The number of aromatic nitrogens is 1. The van der Waals surface area contributed by atoms with Gasteiger partial charge in [0.15, 0.2) is 11.9 Å². The van der Waals surface area contributed by atoms with E-state index in [1.165, 1.54) is 16.5 Å². The van der Waals surface area contributed by atoms with Gasteiger partial charge in [0.05, 0.1) is 5.09 Å². The first-order chi connectivity index (χ1) is 7.52. The highest BCUT2D eigenvalue weighted by Gasteiger charge is 2.04. The average molecular weight is 220 g/mol. The van der Waals surface area contributed by atoms with Crippen LogP contribution in [0.1, 0.15) is 5.69 Å². The molecule has 5 heteroatoms. The molecule has 0 amide bonds. The molecule has 1 aromatic heterocycles. The van der Waals surface area contributed by atoms with Crippen LogP contribution in [0.5, 0.6) is 0 Å². The van der Waals surface area contributed by atoms with Gasteiger partial charge in [-0.15, -0.1) is 0 Å². The van der Waals surface area contributed by atoms with Gasteiger partial charge >= 0.3 is 0 Å². The van der Waals surface area contributed by atoms with Gasteiger partial charge in [-0.25, -0.2) is 4.57 Å². The highest BCUT2D eigenvalue weighted by atomic mass is 16.9. The summed E-state index contributed by atoms with van der Waals surface area (Å²) in [4.78, 5) is 8.25. The van der Waals surface area contributed by atoms with E-state index in [0.717, 1.165) is 0 Å². The Kier molecular flexibility index (Phi) is 3.77. The van der Waals surface area contributed by atoms with E-state index in [2.05, 4.69) is 55.1 Å². The Hall–Kier alpha value is -2.17. The van der Waals surface area contributed by atoms with Crippen molar-refractivity contribution in [2.24, 2.45) is 7.05 Å². The molecule has 0 aliphatic heterocycles. The first-order valence-electron chi connectivity index (χ1n) is 4.68. The largest absolute Gasteiger partial charge is 0.356 e. The molecule has 0 aliphatic rings. The number of hydrogen-bond acceptors (Lipinski definition) is 3. The molecule has 5 nitrogen and oxygen atoms in total. The van der Waals surface area contributed by atoms with Gasteiger partial charge in [-0.3, -0.25) is 0 Å². The van der Waals surface area contributed by atoms with Crippen LogP contribution in [-0.4, -0.2) is 5.09 Å². The summed E-state index contributed by atoms with van der Waals surface area (Å²) in [6, 6.07) is 10.6. The number of rotatable bonds is 0. The van der Waals surface area contributed by atoms with Crippen LogP contribution in [0, 0.1) is 22.2 Å². The molecule has 0 aliphatic carbocycles. The summed E-state index contributed by atoms with van der Waals surface area (Å²) in [6.45, 7) is 2.14. The third kappa shape index (κ3) is 2.91. The van der Waals surface area contributed by atoms with Crippen molar-refractivity contribution >= 4 is 10.8 Å². The second kappa shape index (κ2) is 5.06. The molecule has 1 aromatic carbocycles. The zero-order valence-corrected chi connectivity index (χ0v) is 9.08. The van der Waals surface area contributed by atoms with Gasteiger partial charge < -0.3 is 15.3 Å². The van der Waals surface area contributed by atoms with Crippen LogP contribution >= 0.6 is 0 Å². The molecule has 2 aromatic rings. The lowest BCUT2D eigenvalue weighted by atomic mass is 10.1. The SMILES string of the molecule is Cc1c2ccccc2cc[n+]1C.O=[N+]([O-])[O-]. The fourth-order valence-electron chi connectivity index (χ4n) is 1.47. The van der Waals surface area contributed by atoms with E-state index in [4.69, 9.17) is 15.3 Å². The lowest BCUT2D eigenvalue weighted by molar-refractivity contribution is -0.676. The highest BCUT2D eigenvalue weighted by molar-refractivity contribution is 5.82. The van der Waals surface area contributed by atoms with Gasteiger partial charge in [0.2, 0.25) is 0 Å². The van der Waals surface area contributed by atoms with E-state index in [-0.39, 0.29) is 0 Å². The molecule has 0 N–H and O–H groups in total. The number of fused-ring (bicyclic) bond motifs is 1. The molecule has 0 unspecified atom stereocenters. The van der Waals surface area contributed by atoms with E-state index >= 15 is 0 Å². The Labute approximate surface area is 92.7 Å². The first-order valence-corrected chi connectivity index (χ1v) is 4.68. The Morgan fingerprint density at radius 3 is 2.38 bits per heavy atom. The summed E-state index contributed by atoms with van der Waals surface area (Å²) in [6.07, 6.45) is 2.09. The number of aryl methyl sites for hydroxylation is 2. The van der Waals surface area contributed by atoms with E-state index < -0.39 is 5.09 Å². The van der Waals surface area contributed by atoms with Crippen molar-refractivity contribution in [2.75, 3.05) is 0 Å². The molecule has 1 heterocycles. The van der Waals surface area contributed by atoms with Crippen molar-refractivity contribution in [1.82, 2.24) is 0 Å². The Bertz CT molecular complexity index is 508. The third-order valence-electron chi connectivity index (χ3n) is 2.36. The van der Waals surface area contributed by atoms with Crippen molar-refractivity contribution in [3.63, 3.8) is 0 Å². The number of pyridine rings is 1. The van der Waals surface area contributed by atoms with Gasteiger partial charge in [0, 0.05) is 18.4 Å². The average Bonchev–Trinajstić information content (AvgIpc) is 2.23. The van der Waals surface area contributed by atoms with Crippen molar-refractivity contribution in [2.45, 2.75) is 6.92 Å². The van der Waals surface area contributed by atoms with Gasteiger partial charge in [0.25, 0.3) is 0 Å². The minimum absolute atomic E-state index is 1.31. The molecule has 0 spiro atoms. The van der Waals surface area contributed by atoms with E-state index in [1.807, 2.05) is 0 Å². The maximum absolute atomic E-state index is 8.25. The molecule has 16 heavy (non-hydrogen) atoms. The van der Waals surface area contributed by atoms with Gasteiger partial charge in [-0.05, 0) is 11.5 Å². The molecular formula is C11H12N2O3. The van der Waals surface area contributed by atoms with Crippen LogP contribution in [0.4, 0.5) is 0 Å². The summed E-state index contributed by atoms with van der Waals surface area (Å²) < 4.78 is 2.14. The van der Waals surface area contributed by atoms with E-state index in [1.54, 1.807) is 0 Å². The number of hydrogen-bond donors (Lipinski definition) is 0. The molecule has 0 bridgehead atoms. The fraction of sp³-hybridized carbons (Fsp3) is 0.182. The zero-order chi connectivity index (χ0) is 12.1. The second-order valence-electron chi connectivity index (χ2n) is 3.32. The van der Waals surface area contributed by atoms with Crippen molar-refractivity contribution in [3.8, 4) is 0 Å². The third-order valence-corrected chi connectivity index (χ3v) is 2.36. The molecule has 0 radical (unpaired) electrons. The molecule has 84 valence electrons. The maximum atomic E-state index is 8.25. The highest BCUT2D eigenvalue weighted by Crippen LogP contribution is 2.13. The monoisotopic (exact) mass is 220 g/mol. The molecule has 0 saturated heterocycles. The molecule has 0 atom stereocenters. The molecular weight excluding hydrogens is 208 g/mol. The smallest absolute Gasteiger partial charge is 0.185 e. The molecule has 0 saturated carbocycles. The Morgan fingerprint density at radius 1 is 1.19 bits per heavy atom. The van der Waals surface area contributed by atoms with Crippen LogP contribution in [0.3, 0.4) is 0 Å². The summed E-state index contributed by atoms with van der Waals surface area (Å²) in [5.41, 5.74) is 1.31. The van der Waals surface area contributed by atoms with Crippen molar-refractivity contribution in [1.29, 1.82) is 0 Å².